The third-order valence-electron chi connectivity index (χ3n) is 4.85. The third-order valence-corrected chi connectivity index (χ3v) is 4.85. The minimum Gasteiger partial charge on any atom is -0.497 e. The number of nitrogens with two attached hydrogens (primary N) is 1. The third kappa shape index (κ3) is 3.74. The Labute approximate surface area is 164 Å². The van der Waals surface area contributed by atoms with Crippen molar-refractivity contribution in [2.45, 2.75) is 5.92 Å². The zero-order chi connectivity index (χ0) is 19.3. The lowest BCUT2D eigenvalue weighted by molar-refractivity contribution is 0.414. The summed E-state index contributed by atoms with van der Waals surface area (Å²) in [7, 11) is 1.68. The average molecular weight is 370 g/mol. The Balaban J connectivity index is 1.66. The van der Waals surface area contributed by atoms with Crippen molar-refractivity contribution in [3.05, 3.63) is 90.3 Å². The Hall–Kier alpha value is -3.60. The standard InChI is InChI=1S/C23H22N4O/c1-28-19-10-7-17(8-11-19)21(16-5-3-2-4-6-16)14-25-23-20-13-18(24)9-12-22(20)26-15-27-23/h2-13,15,21H,14,24H2,1H3,(H,25,26,27). The summed E-state index contributed by atoms with van der Waals surface area (Å²) < 4.78 is 5.30. The fourth-order valence-corrected chi connectivity index (χ4v) is 3.36. The number of benzene rings is 3. The van der Waals surface area contributed by atoms with E-state index < -0.39 is 0 Å². The molecule has 5 heteroatoms. The maximum Gasteiger partial charge on any atom is 0.137 e. The molecule has 0 radical (unpaired) electrons. The molecule has 1 atom stereocenters. The minimum atomic E-state index is 0.165. The monoisotopic (exact) mass is 370 g/mol. The lowest BCUT2D eigenvalue weighted by Gasteiger charge is -2.20. The van der Waals surface area contributed by atoms with Crippen molar-refractivity contribution in [2.24, 2.45) is 0 Å². The van der Waals surface area contributed by atoms with E-state index in [4.69, 9.17) is 10.5 Å². The van der Waals surface area contributed by atoms with Crippen LogP contribution in [-0.4, -0.2) is 23.6 Å². The number of rotatable bonds is 6. The Bertz CT molecular complexity index is 1060. The van der Waals surface area contributed by atoms with E-state index in [1.807, 2.05) is 36.4 Å². The van der Waals surface area contributed by atoms with Gasteiger partial charge in [-0.2, -0.15) is 0 Å². The molecule has 28 heavy (non-hydrogen) atoms. The lowest BCUT2D eigenvalue weighted by Crippen LogP contribution is -2.15. The highest BCUT2D eigenvalue weighted by molar-refractivity contribution is 5.91. The highest BCUT2D eigenvalue weighted by Crippen LogP contribution is 2.28. The summed E-state index contributed by atoms with van der Waals surface area (Å²) in [6.45, 7) is 0.692. The first-order valence-electron chi connectivity index (χ1n) is 9.17. The molecule has 4 rings (SSSR count). The Kier molecular flexibility index (Phi) is 5.06. The average Bonchev–Trinajstić information content (AvgIpc) is 2.75. The molecule has 1 unspecified atom stereocenters. The zero-order valence-electron chi connectivity index (χ0n) is 15.7. The predicted molar refractivity (Wildman–Crippen MR) is 114 cm³/mol. The molecule has 0 spiro atoms. The SMILES string of the molecule is COc1ccc(C(CNc2ncnc3ccc(N)cc23)c2ccccc2)cc1. The largest absolute Gasteiger partial charge is 0.497 e. The second-order valence-electron chi connectivity index (χ2n) is 6.62. The molecular formula is C23H22N4O. The van der Waals surface area contributed by atoms with Crippen molar-refractivity contribution in [2.75, 3.05) is 24.7 Å². The van der Waals surface area contributed by atoms with E-state index in [0.717, 1.165) is 22.5 Å². The van der Waals surface area contributed by atoms with E-state index in [2.05, 4.69) is 51.7 Å². The minimum absolute atomic E-state index is 0.165. The molecule has 0 aliphatic heterocycles. The maximum atomic E-state index is 5.96. The van der Waals surface area contributed by atoms with Gasteiger partial charge in [0.1, 0.15) is 17.9 Å². The lowest BCUT2D eigenvalue weighted by atomic mass is 9.91. The van der Waals surface area contributed by atoms with Crippen LogP contribution >= 0.6 is 0 Å². The van der Waals surface area contributed by atoms with Gasteiger partial charge >= 0.3 is 0 Å². The van der Waals surface area contributed by atoms with E-state index in [0.29, 0.717) is 12.2 Å². The highest BCUT2D eigenvalue weighted by atomic mass is 16.5. The molecule has 4 aromatic rings. The molecule has 3 N–H and O–H groups in total. The van der Waals surface area contributed by atoms with Gasteiger partial charge in [-0.15, -0.1) is 0 Å². The fourth-order valence-electron chi connectivity index (χ4n) is 3.36. The van der Waals surface area contributed by atoms with Crippen LogP contribution in [0.15, 0.2) is 79.1 Å². The smallest absolute Gasteiger partial charge is 0.137 e. The number of ether oxygens (including phenoxy) is 1. The second-order valence-corrected chi connectivity index (χ2v) is 6.62. The number of methoxy groups -OCH3 is 1. The maximum absolute atomic E-state index is 5.96. The zero-order valence-corrected chi connectivity index (χ0v) is 15.7. The number of nitrogens with one attached hydrogen (secondary N) is 1. The summed E-state index contributed by atoms with van der Waals surface area (Å²) >= 11 is 0. The number of aromatic nitrogens is 2. The molecule has 140 valence electrons. The molecule has 5 nitrogen and oxygen atoms in total. The van der Waals surface area contributed by atoms with Gasteiger partial charge in [0.25, 0.3) is 0 Å². The summed E-state index contributed by atoms with van der Waals surface area (Å²) in [6.07, 6.45) is 1.58. The van der Waals surface area contributed by atoms with Crippen LogP contribution in [0.25, 0.3) is 10.9 Å². The van der Waals surface area contributed by atoms with Gasteiger partial charge in [0.05, 0.1) is 12.6 Å². The molecule has 0 saturated carbocycles. The molecule has 0 saturated heterocycles. The summed E-state index contributed by atoms with van der Waals surface area (Å²) in [4.78, 5) is 8.76. The van der Waals surface area contributed by atoms with Crippen LogP contribution in [0.2, 0.25) is 0 Å². The van der Waals surface area contributed by atoms with E-state index in [-0.39, 0.29) is 5.92 Å². The van der Waals surface area contributed by atoms with Gasteiger partial charge in [-0.25, -0.2) is 9.97 Å². The predicted octanol–water partition coefficient (Wildman–Crippen LogP) is 4.46. The van der Waals surface area contributed by atoms with Crippen molar-refractivity contribution >= 4 is 22.4 Å². The van der Waals surface area contributed by atoms with Crippen LogP contribution in [0, 0.1) is 0 Å². The van der Waals surface area contributed by atoms with Crippen LogP contribution in [0.5, 0.6) is 5.75 Å². The first kappa shape index (κ1) is 17.8. The molecule has 1 aromatic heterocycles. The number of hydrogen-bond donors (Lipinski definition) is 2. The highest BCUT2D eigenvalue weighted by Gasteiger charge is 2.15. The van der Waals surface area contributed by atoms with Crippen molar-refractivity contribution in [3.63, 3.8) is 0 Å². The van der Waals surface area contributed by atoms with E-state index in [1.165, 1.54) is 11.1 Å². The van der Waals surface area contributed by atoms with E-state index in [1.54, 1.807) is 13.4 Å². The van der Waals surface area contributed by atoms with Crippen LogP contribution < -0.4 is 15.8 Å². The van der Waals surface area contributed by atoms with Crippen molar-refractivity contribution in [1.29, 1.82) is 0 Å². The van der Waals surface area contributed by atoms with Gasteiger partial charge < -0.3 is 15.8 Å². The summed E-state index contributed by atoms with van der Waals surface area (Å²) in [5.41, 5.74) is 9.97. The topological polar surface area (TPSA) is 73.1 Å². The first-order chi connectivity index (χ1) is 13.7. The summed E-state index contributed by atoms with van der Waals surface area (Å²) in [5, 5.41) is 4.42. The molecule has 3 aromatic carbocycles. The molecule has 1 heterocycles. The van der Waals surface area contributed by atoms with Gasteiger partial charge in [0, 0.05) is 23.5 Å². The van der Waals surface area contributed by atoms with E-state index in [9.17, 15) is 0 Å². The van der Waals surface area contributed by atoms with E-state index >= 15 is 0 Å². The number of hydrogen-bond acceptors (Lipinski definition) is 5. The molecule has 0 bridgehead atoms. The fraction of sp³-hybridized carbons (Fsp3) is 0.130. The Morgan fingerprint density at radius 3 is 2.43 bits per heavy atom. The molecular weight excluding hydrogens is 348 g/mol. The number of anilines is 2. The quantitative estimate of drug-likeness (QED) is 0.490. The molecule has 0 fully saturated rings. The number of fused-ring (bicyclic) bond motifs is 1. The molecule has 0 amide bonds. The van der Waals surface area contributed by atoms with Crippen LogP contribution in [0.1, 0.15) is 17.0 Å². The van der Waals surface area contributed by atoms with Gasteiger partial charge in [0.15, 0.2) is 0 Å². The van der Waals surface area contributed by atoms with Gasteiger partial charge in [0.2, 0.25) is 0 Å². The summed E-state index contributed by atoms with van der Waals surface area (Å²) in [5.74, 6) is 1.80. The number of nitrogen functional groups attached to an aromatic ring is 1. The van der Waals surface area contributed by atoms with Crippen LogP contribution in [-0.2, 0) is 0 Å². The van der Waals surface area contributed by atoms with Crippen LogP contribution in [0.3, 0.4) is 0 Å². The molecule has 0 aliphatic rings. The van der Waals surface area contributed by atoms with Crippen LogP contribution in [0.4, 0.5) is 11.5 Å². The number of nitrogens with zero attached hydrogens (tertiary/aromatic N) is 2. The van der Waals surface area contributed by atoms with Gasteiger partial charge in [-0.3, -0.25) is 0 Å². The van der Waals surface area contributed by atoms with Gasteiger partial charge in [-0.1, -0.05) is 42.5 Å². The normalized spacial score (nSPS) is 11.9. The van der Waals surface area contributed by atoms with Crippen molar-refractivity contribution < 1.29 is 4.74 Å². The van der Waals surface area contributed by atoms with Crippen molar-refractivity contribution in [3.8, 4) is 5.75 Å². The van der Waals surface area contributed by atoms with Gasteiger partial charge in [-0.05, 0) is 41.5 Å². The van der Waals surface area contributed by atoms with Crippen molar-refractivity contribution in [1.82, 2.24) is 9.97 Å². The summed E-state index contributed by atoms with van der Waals surface area (Å²) in [6, 6.07) is 24.3. The molecule has 0 aliphatic carbocycles. The Morgan fingerprint density at radius 2 is 1.68 bits per heavy atom. The first-order valence-corrected chi connectivity index (χ1v) is 9.17. The Morgan fingerprint density at radius 1 is 0.929 bits per heavy atom. The second kappa shape index (κ2) is 7.96.